The predicted octanol–water partition coefficient (Wildman–Crippen LogP) is 1.96. The summed E-state index contributed by atoms with van der Waals surface area (Å²) in [6, 6.07) is 7.51. The molecule has 0 unspecified atom stereocenters. The van der Waals surface area contributed by atoms with Gasteiger partial charge in [0, 0.05) is 11.8 Å². The van der Waals surface area contributed by atoms with Crippen molar-refractivity contribution in [1.29, 1.82) is 5.26 Å². The van der Waals surface area contributed by atoms with Crippen LogP contribution in [-0.2, 0) is 30.8 Å². The van der Waals surface area contributed by atoms with Crippen molar-refractivity contribution in [2.45, 2.75) is 45.6 Å². The van der Waals surface area contributed by atoms with Crippen LogP contribution in [0.5, 0.6) is 0 Å². The number of methoxy groups -OCH3 is 1. The molecule has 0 radical (unpaired) electrons. The Hall–Kier alpha value is -2.24. The first-order valence-electron chi connectivity index (χ1n) is 9.65. The second-order valence-electron chi connectivity index (χ2n) is 8.64. The van der Waals surface area contributed by atoms with E-state index in [1.54, 1.807) is 24.3 Å². The summed E-state index contributed by atoms with van der Waals surface area (Å²) in [6.45, 7) is 3.94. The molecule has 2 saturated carbocycles. The molecule has 8 heteroatoms. The first-order chi connectivity index (χ1) is 13.5. The van der Waals surface area contributed by atoms with Crippen LogP contribution in [0.2, 0.25) is 0 Å². The molecule has 1 aromatic rings. The highest BCUT2D eigenvalue weighted by Gasteiger charge is 2.65. The van der Waals surface area contributed by atoms with Gasteiger partial charge in [-0.15, -0.1) is 0 Å². The summed E-state index contributed by atoms with van der Waals surface area (Å²) in [5.74, 6) is -0.834. The number of ether oxygens (including phenoxy) is 1. The Morgan fingerprint density at radius 3 is 2.69 bits per heavy atom. The Labute approximate surface area is 171 Å². The van der Waals surface area contributed by atoms with E-state index in [0.29, 0.717) is 24.0 Å². The summed E-state index contributed by atoms with van der Waals surface area (Å²) >= 11 is 0. The number of hydrogen-bond donors (Lipinski definition) is 1. The number of benzene rings is 1. The van der Waals surface area contributed by atoms with Crippen LogP contribution in [0.25, 0.3) is 0 Å². The molecule has 156 valence electrons. The molecule has 29 heavy (non-hydrogen) atoms. The third-order valence-corrected chi connectivity index (χ3v) is 8.40. The fourth-order valence-corrected chi connectivity index (χ4v) is 7.03. The number of nitrogens with one attached hydrogen (secondary N) is 1. The number of ketones is 1. The van der Waals surface area contributed by atoms with E-state index in [9.17, 15) is 18.0 Å². The number of carbonyl (C=O) groups excluding carboxylic acids is 2. The van der Waals surface area contributed by atoms with E-state index in [0.717, 1.165) is 6.42 Å². The van der Waals surface area contributed by atoms with Gasteiger partial charge in [-0.3, -0.25) is 9.59 Å². The number of rotatable bonds is 7. The minimum Gasteiger partial charge on any atom is -0.468 e. The van der Waals surface area contributed by atoms with Crippen LogP contribution < -0.4 is 4.72 Å². The largest absolute Gasteiger partial charge is 0.468 e. The number of hydrogen-bond acceptors (Lipinski definition) is 6. The van der Waals surface area contributed by atoms with E-state index in [2.05, 4.69) is 4.72 Å². The van der Waals surface area contributed by atoms with Crippen molar-refractivity contribution < 1.29 is 22.7 Å². The average Bonchev–Trinajstić information content (AvgIpc) is 3.00. The van der Waals surface area contributed by atoms with Crippen molar-refractivity contribution in [2.75, 3.05) is 12.9 Å². The topological polar surface area (TPSA) is 113 Å². The Balaban J connectivity index is 1.82. The van der Waals surface area contributed by atoms with Gasteiger partial charge in [0.05, 0.1) is 24.5 Å². The summed E-state index contributed by atoms with van der Waals surface area (Å²) in [5.41, 5.74) is -0.243. The first-order valence-corrected chi connectivity index (χ1v) is 11.3. The van der Waals surface area contributed by atoms with Crippen LogP contribution in [0, 0.1) is 28.1 Å². The zero-order chi connectivity index (χ0) is 21.4. The van der Waals surface area contributed by atoms with Gasteiger partial charge in [-0.25, -0.2) is 13.1 Å². The van der Waals surface area contributed by atoms with E-state index in [-0.39, 0.29) is 29.3 Å². The number of fused-ring (bicyclic) bond motifs is 2. The van der Waals surface area contributed by atoms with Crippen molar-refractivity contribution in [3.05, 3.63) is 35.4 Å². The lowest BCUT2D eigenvalue weighted by molar-refractivity contribution is -0.142. The second kappa shape index (κ2) is 7.54. The van der Waals surface area contributed by atoms with Gasteiger partial charge in [-0.05, 0) is 48.3 Å². The molecule has 1 N–H and O–H groups in total. The van der Waals surface area contributed by atoms with Crippen LogP contribution >= 0.6 is 0 Å². The molecule has 2 fully saturated rings. The van der Waals surface area contributed by atoms with Crippen molar-refractivity contribution >= 4 is 21.8 Å². The quantitative estimate of drug-likeness (QED) is 0.677. The molecule has 2 bridgehead atoms. The monoisotopic (exact) mass is 418 g/mol. The summed E-state index contributed by atoms with van der Waals surface area (Å²) in [4.78, 5) is 24.9. The molecule has 3 atom stereocenters. The van der Waals surface area contributed by atoms with E-state index in [1.807, 2.05) is 19.9 Å². The van der Waals surface area contributed by atoms with E-state index < -0.39 is 27.4 Å². The maximum atomic E-state index is 13.0. The lowest BCUT2D eigenvalue weighted by Crippen LogP contribution is -2.50. The summed E-state index contributed by atoms with van der Waals surface area (Å²) in [5, 5.41) is 9.05. The van der Waals surface area contributed by atoms with Gasteiger partial charge in [0.1, 0.15) is 11.8 Å². The van der Waals surface area contributed by atoms with Crippen LogP contribution in [-0.4, -0.2) is 39.1 Å². The van der Waals surface area contributed by atoms with Crippen LogP contribution in [0.15, 0.2) is 24.3 Å². The minimum absolute atomic E-state index is 0.000430. The summed E-state index contributed by atoms with van der Waals surface area (Å²) in [6.07, 6.45) is 1.87. The standard InChI is InChI=1S/C21H26N2O5S/c1-20(2)16-7-8-21(20,18(24)11-16)13-29(26,27)23-17(19(25)28-3)10-14-5-4-6-15(9-14)12-22/h4-6,9,16-17,23H,7-8,10-11,13H2,1-3H3/t16-,17+,21-/m1/s1. The van der Waals surface area contributed by atoms with Crippen molar-refractivity contribution in [3.8, 4) is 6.07 Å². The Bertz CT molecular complexity index is 979. The highest BCUT2D eigenvalue weighted by atomic mass is 32.2. The van der Waals surface area contributed by atoms with Crippen LogP contribution in [0.4, 0.5) is 0 Å². The fourth-order valence-electron chi connectivity index (χ4n) is 5.01. The summed E-state index contributed by atoms with van der Waals surface area (Å²) in [7, 11) is -2.75. The maximum absolute atomic E-state index is 13.0. The highest BCUT2D eigenvalue weighted by Crippen LogP contribution is 2.64. The third-order valence-electron chi connectivity index (χ3n) is 6.88. The van der Waals surface area contributed by atoms with Gasteiger partial charge in [-0.1, -0.05) is 26.0 Å². The smallest absolute Gasteiger partial charge is 0.324 e. The maximum Gasteiger partial charge on any atom is 0.324 e. The Morgan fingerprint density at radius 2 is 2.14 bits per heavy atom. The number of Topliss-reactive ketones (excluding diaryl/α,β-unsaturated/α-hetero) is 1. The number of nitrogens with zero attached hydrogens (tertiary/aromatic N) is 1. The Morgan fingerprint density at radius 1 is 1.41 bits per heavy atom. The highest BCUT2D eigenvalue weighted by molar-refractivity contribution is 7.89. The SMILES string of the molecule is COC(=O)[C@H](Cc1cccc(C#N)c1)NS(=O)(=O)C[C@]12CC[C@H](CC1=O)C2(C)C. The molecule has 2 aliphatic carbocycles. The van der Waals surface area contributed by atoms with E-state index in [1.165, 1.54) is 7.11 Å². The van der Waals surface area contributed by atoms with E-state index in [4.69, 9.17) is 10.00 Å². The van der Waals surface area contributed by atoms with Crippen molar-refractivity contribution in [3.63, 3.8) is 0 Å². The molecular weight excluding hydrogens is 392 g/mol. The average molecular weight is 419 g/mol. The number of esters is 1. The first kappa shape index (κ1) is 21.5. The van der Waals surface area contributed by atoms with Crippen LogP contribution in [0.3, 0.4) is 0 Å². The Kier molecular flexibility index (Phi) is 5.58. The predicted molar refractivity (Wildman–Crippen MR) is 106 cm³/mol. The number of nitriles is 1. The van der Waals surface area contributed by atoms with E-state index >= 15 is 0 Å². The minimum atomic E-state index is -3.94. The fraction of sp³-hybridized carbons (Fsp3) is 0.571. The second-order valence-corrected chi connectivity index (χ2v) is 10.4. The lowest BCUT2D eigenvalue weighted by atomic mass is 9.70. The zero-order valence-electron chi connectivity index (χ0n) is 16.9. The molecule has 0 amide bonds. The zero-order valence-corrected chi connectivity index (χ0v) is 17.7. The number of carbonyl (C=O) groups is 2. The molecule has 0 saturated heterocycles. The van der Waals surface area contributed by atoms with Gasteiger partial charge in [0.2, 0.25) is 10.0 Å². The van der Waals surface area contributed by atoms with Gasteiger partial charge < -0.3 is 4.74 Å². The lowest BCUT2D eigenvalue weighted by Gasteiger charge is -2.36. The van der Waals surface area contributed by atoms with Crippen molar-refractivity contribution in [1.82, 2.24) is 4.72 Å². The van der Waals surface area contributed by atoms with Gasteiger partial charge in [0.15, 0.2) is 0 Å². The molecule has 0 aliphatic heterocycles. The molecule has 0 spiro atoms. The van der Waals surface area contributed by atoms with Gasteiger partial charge >= 0.3 is 5.97 Å². The van der Waals surface area contributed by atoms with Crippen LogP contribution in [0.1, 0.15) is 44.2 Å². The molecule has 0 aromatic heterocycles. The third kappa shape index (κ3) is 3.81. The molecule has 2 aliphatic rings. The summed E-state index contributed by atoms with van der Waals surface area (Å²) < 4.78 is 33.3. The van der Waals surface area contributed by atoms with Crippen molar-refractivity contribution in [2.24, 2.45) is 16.7 Å². The molecule has 0 heterocycles. The van der Waals surface area contributed by atoms with Gasteiger partial charge in [0.25, 0.3) is 0 Å². The van der Waals surface area contributed by atoms with Gasteiger partial charge in [-0.2, -0.15) is 5.26 Å². The number of sulfonamides is 1. The normalized spacial score (nSPS) is 26.1. The molecular formula is C21H26N2O5S. The molecule has 1 aromatic carbocycles. The molecule has 3 rings (SSSR count). The molecule has 7 nitrogen and oxygen atoms in total.